The Hall–Kier alpha value is -1.53. The van der Waals surface area contributed by atoms with E-state index in [-0.39, 0.29) is 32.5 Å². The molecule has 3 aromatic carbocycles. The van der Waals surface area contributed by atoms with Crippen LogP contribution < -0.4 is 13.6 Å². The van der Waals surface area contributed by atoms with Crippen molar-refractivity contribution >= 4 is 18.0 Å². The summed E-state index contributed by atoms with van der Waals surface area (Å²) in [6.07, 6.45) is 0. The fourth-order valence-electron chi connectivity index (χ4n) is 5.16. The van der Waals surface area contributed by atoms with Crippen LogP contribution in [0.15, 0.2) is 48.5 Å². The second-order valence-electron chi connectivity index (χ2n) is 19.1. The zero-order chi connectivity index (χ0) is 37.3. The zero-order valence-electron chi connectivity index (χ0n) is 33.0. The first-order valence-electron chi connectivity index (χ1n) is 16.9. The monoisotopic (exact) mass is 875 g/mol. The van der Waals surface area contributed by atoms with E-state index in [4.69, 9.17) is 13.6 Å². The van der Waals surface area contributed by atoms with Gasteiger partial charge in [0.05, 0.1) is 0 Å². The molecule has 0 saturated heterocycles. The molecule has 0 amide bonds. The Bertz CT molecular complexity index is 1340. The van der Waals surface area contributed by atoms with Gasteiger partial charge in [-0.1, -0.05) is 160 Å². The predicted octanol–water partition coefficient (Wildman–Crippen LogP) is 13.7. The standard InChI is InChI=1S/C42H62O3P.ClH.Pt/c1-37(2,3)28-19-22-34(31(25-28)40(10,11)12)43-46(44-35-23-20-29(38(4,5)6)26-32(35)41(13,14)15)45-36-24-21-30(39(7,8)9)27-33(36)42(16,17)18;;/h19-23,25-27H,1-18H3;1H;/q-1;;+2/p-1. The van der Waals surface area contributed by atoms with Gasteiger partial charge in [-0.25, -0.2) is 0 Å². The molecule has 0 aliphatic heterocycles. The molecular formula is C42H62ClO3PPt. The Morgan fingerprint density at radius 1 is 0.458 bits per heavy atom. The molecular weight excluding hydrogens is 814 g/mol. The molecule has 3 nitrogen and oxygen atoms in total. The SMILES string of the molecule is CC(C)(C)c1c[c-]c(OP(Oc2ccc(C(C)(C)C)cc2C(C)(C)C)Oc2ccc(C(C)(C)C)cc2C(C)(C)C)c(C(C)(C)C)c1.[Cl][Pt+]. The van der Waals surface area contributed by atoms with Gasteiger partial charge in [-0.3, -0.25) is 0 Å². The minimum absolute atomic E-state index is 0.0120. The second kappa shape index (κ2) is 15.4. The molecule has 0 saturated carbocycles. The molecule has 3 aromatic rings. The Labute approximate surface area is 311 Å². The number of hydrogen-bond acceptors (Lipinski definition) is 3. The molecule has 0 radical (unpaired) electrons. The molecule has 0 aliphatic carbocycles. The van der Waals surface area contributed by atoms with Gasteiger partial charge in [-0.15, -0.1) is 11.6 Å². The zero-order valence-corrected chi connectivity index (χ0v) is 36.9. The molecule has 0 aromatic heterocycles. The Morgan fingerprint density at radius 3 is 1.10 bits per heavy atom. The van der Waals surface area contributed by atoms with Gasteiger partial charge in [0.15, 0.2) is 0 Å². The normalized spacial score (nSPS) is 13.2. The Morgan fingerprint density at radius 2 is 0.792 bits per heavy atom. The van der Waals surface area contributed by atoms with Crippen LogP contribution in [0, 0.1) is 6.07 Å². The minimum atomic E-state index is -1.92. The molecule has 48 heavy (non-hydrogen) atoms. The fourth-order valence-corrected chi connectivity index (χ4v) is 6.22. The van der Waals surface area contributed by atoms with Crippen LogP contribution >= 0.6 is 18.0 Å². The molecule has 0 spiro atoms. The third kappa shape index (κ3) is 11.5. The first kappa shape index (κ1) is 42.6. The predicted molar refractivity (Wildman–Crippen MR) is 205 cm³/mol. The van der Waals surface area contributed by atoms with Crippen molar-refractivity contribution < 1.29 is 32.3 Å². The van der Waals surface area contributed by atoms with Gasteiger partial charge in [-0.05, 0) is 44.9 Å². The van der Waals surface area contributed by atoms with Crippen LogP contribution in [0.1, 0.15) is 158 Å². The molecule has 270 valence electrons. The third-order valence-electron chi connectivity index (χ3n) is 8.40. The van der Waals surface area contributed by atoms with Gasteiger partial charge < -0.3 is 13.6 Å². The fraction of sp³-hybridized carbons (Fsp3) is 0.571. The molecule has 0 unspecified atom stereocenters. The van der Waals surface area contributed by atoms with Crippen molar-refractivity contribution in [3.05, 3.63) is 88.0 Å². The summed E-state index contributed by atoms with van der Waals surface area (Å²) in [5.41, 5.74) is 6.62. The van der Waals surface area contributed by atoms with E-state index in [1.54, 1.807) is 18.8 Å². The van der Waals surface area contributed by atoms with Gasteiger partial charge in [0, 0.05) is 16.9 Å². The van der Waals surface area contributed by atoms with Crippen molar-refractivity contribution in [2.24, 2.45) is 0 Å². The van der Waals surface area contributed by atoms with Crippen LogP contribution in [0.2, 0.25) is 0 Å². The topological polar surface area (TPSA) is 27.7 Å². The summed E-state index contributed by atoms with van der Waals surface area (Å²) >= 11 is 1.61. The van der Waals surface area contributed by atoms with E-state index in [0.29, 0.717) is 5.75 Å². The molecule has 0 aliphatic rings. The van der Waals surface area contributed by atoms with Gasteiger partial charge in [0.25, 0.3) is 0 Å². The van der Waals surface area contributed by atoms with Crippen LogP contribution in [0.4, 0.5) is 0 Å². The molecule has 0 heterocycles. The van der Waals surface area contributed by atoms with E-state index in [1.165, 1.54) is 16.7 Å². The summed E-state index contributed by atoms with van der Waals surface area (Å²) < 4.78 is 20.6. The van der Waals surface area contributed by atoms with Crippen molar-refractivity contribution in [3.8, 4) is 17.2 Å². The summed E-state index contributed by atoms with van der Waals surface area (Å²) in [5.74, 6) is 2.22. The molecule has 6 heteroatoms. The summed E-state index contributed by atoms with van der Waals surface area (Å²) in [4.78, 5) is 0. The molecule has 0 N–H and O–H groups in total. The van der Waals surface area contributed by atoms with E-state index < -0.39 is 8.60 Å². The average molecular weight is 876 g/mol. The Balaban J connectivity index is 0.00000392. The number of hydrogen-bond donors (Lipinski definition) is 0. The van der Waals surface area contributed by atoms with Crippen LogP contribution in [0.5, 0.6) is 17.2 Å². The van der Waals surface area contributed by atoms with Crippen LogP contribution in [0.25, 0.3) is 0 Å². The first-order chi connectivity index (χ1) is 21.6. The second-order valence-corrected chi connectivity index (χ2v) is 20.0. The number of halogens is 1. The van der Waals surface area contributed by atoms with Crippen molar-refractivity contribution in [2.45, 2.75) is 157 Å². The maximum atomic E-state index is 6.88. The Kier molecular flexibility index (Phi) is 13.7. The summed E-state index contributed by atoms with van der Waals surface area (Å²) in [7, 11) is 2.69. The van der Waals surface area contributed by atoms with E-state index >= 15 is 0 Å². The number of rotatable bonds is 6. The van der Waals surface area contributed by atoms with Crippen LogP contribution in [-0.2, 0) is 51.3 Å². The summed E-state index contributed by atoms with van der Waals surface area (Å²) in [6, 6.07) is 20.9. The molecule has 0 fully saturated rings. The van der Waals surface area contributed by atoms with E-state index in [9.17, 15) is 0 Å². The third-order valence-corrected chi connectivity index (χ3v) is 9.42. The van der Waals surface area contributed by atoms with Crippen molar-refractivity contribution in [2.75, 3.05) is 0 Å². The molecule has 0 atom stereocenters. The van der Waals surface area contributed by atoms with Gasteiger partial charge in [0.2, 0.25) is 0 Å². The summed E-state index contributed by atoms with van der Waals surface area (Å²) in [6.45, 7) is 40.2. The average Bonchev–Trinajstić information content (AvgIpc) is 2.91. The van der Waals surface area contributed by atoms with Crippen molar-refractivity contribution in [1.29, 1.82) is 0 Å². The quantitative estimate of drug-likeness (QED) is 0.182. The van der Waals surface area contributed by atoms with E-state index in [2.05, 4.69) is 189 Å². The van der Waals surface area contributed by atoms with Gasteiger partial charge in [0.1, 0.15) is 11.5 Å². The van der Waals surface area contributed by atoms with E-state index in [1.807, 2.05) is 0 Å². The van der Waals surface area contributed by atoms with Gasteiger partial charge >= 0.3 is 36.8 Å². The van der Waals surface area contributed by atoms with Crippen LogP contribution in [0.3, 0.4) is 0 Å². The number of benzene rings is 3. The first-order valence-corrected chi connectivity index (χ1v) is 20.8. The summed E-state index contributed by atoms with van der Waals surface area (Å²) in [5, 5.41) is 0. The van der Waals surface area contributed by atoms with Gasteiger partial charge in [-0.2, -0.15) is 17.7 Å². The molecule has 3 rings (SSSR count). The van der Waals surface area contributed by atoms with Crippen LogP contribution in [-0.4, -0.2) is 0 Å². The molecule has 0 bridgehead atoms. The maximum absolute atomic E-state index is 6.88. The van der Waals surface area contributed by atoms with E-state index in [0.717, 1.165) is 28.2 Å². The van der Waals surface area contributed by atoms with Crippen molar-refractivity contribution in [3.63, 3.8) is 0 Å². The van der Waals surface area contributed by atoms with Crippen molar-refractivity contribution in [1.82, 2.24) is 0 Å².